The average Bonchev–Trinajstić information content (AvgIpc) is 3.24. The molecule has 0 aliphatic carbocycles. The Morgan fingerprint density at radius 1 is 1.24 bits per heavy atom. The highest BCUT2D eigenvalue weighted by Crippen LogP contribution is 2.19. The van der Waals surface area contributed by atoms with Crippen molar-refractivity contribution in [3.05, 3.63) is 53.4 Å². The summed E-state index contributed by atoms with van der Waals surface area (Å²) in [6.45, 7) is 4.37. The number of aliphatic hydroxyl groups excluding tert-OH is 1. The van der Waals surface area contributed by atoms with Gasteiger partial charge in [-0.25, -0.2) is 4.79 Å². The normalized spacial score (nSPS) is 12.2. The number of aliphatic hydroxyl groups is 1. The third kappa shape index (κ3) is 9.60. The first kappa shape index (κ1) is 26.3. The second-order valence-corrected chi connectivity index (χ2v) is 8.22. The lowest BCUT2D eigenvalue weighted by Gasteiger charge is -2.23. The van der Waals surface area contributed by atoms with Gasteiger partial charge in [-0.1, -0.05) is 35.5 Å². The Bertz CT molecular complexity index is 850. The van der Waals surface area contributed by atoms with Gasteiger partial charge >= 0.3 is 6.09 Å². The molecule has 2 amide bonds. The maximum Gasteiger partial charge on any atom is 0.407 e. The lowest BCUT2D eigenvalue weighted by Crippen LogP contribution is -2.50. The molecule has 2 rings (SSSR count). The molecule has 10 nitrogen and oxygen atoms in total. The number of rotatable bonds is 14. The number of benzene rings is 1. The van der Waals surface area contributed by atoms with E-state index in [9.17, 15) is 9.59 Å². The fourth-order valence-electron chi connectivity index (χ4n) is 2.87. The van der Waals surface area contributed by atoms with Crippen LogP contribution in [0.15, 0.2) is 41.1 Å². The van der Waals surface area contributed by atoms with Gasteiger partial charge in [-0.3, -0.25) is 4.79 Å². The van der Waals surface area contributed by atoms with E-state index < -0.39 is 17.7 Å². The number of unbranched alkanes of at least 4 members (excludes halogenated alkanes) is 1. The molecule has 1 unspecified atom stereocenters. The van der Waals surface area contributed by atoms with E-state index in [1.807, 2.05) is 30.3 Å². The van der Waals surface area contributed by atoms with E-state index in [-0.39, 0.29) is 25.7 Å². The molecule has 2 aromatic rings. The van der Waals surface area contributed by atoms with Gasteiger partial charge in [-0.2, -0.15) is 0 Å². The summed E-state index contributed by atoms with van der Waals surface area (Å²) in [5, 5.41) is 18.3. The molecule has 0 bridgehead atoms. The number of hydrogen-bond acceptors (Lipinski definition) is 8. The van der Waals surface area contributed by atoms with Crippen molar-refractivity contribution in [2.24, 2.45) is 5.73 Å². The van der Waals surface area contributed by atoms with Gasteiger partial charge in [0.1, 0.15) is 12.0 Å². The van der Waals surface area contributed by atoms with E-state index in [0.29, 0.717) is 43.7 Å². The van der Waals surface area contributed by atoms with Crippen molar-refractivity contribution in [2.45, 2.75) is 51.3 Å². The summed E-state index contributed by atoms with van der Waals surface area (Å²) in [7, 11) is 0. The number of nitrogens with two attached hydrogens (primary N) is 1. The van der Waals surface area contributed by atoms with E-state index in [0.717, 1.165) is 5.56 Å². The topological polar surface area (TPSA) is 149 Å². The summed E-state index contributed by atoms with van der Waals surface area (Å²) in [4.78, 5) is 24.3. The SMILES string of the molecule is CC(C)(N)C(=O)NC(COCc1ccccc1)c1nocc1CCOC(=O)NCCCCO. The third-order valence-electron chi connectivity index (χ3n) is 4.75. The van der Waals surface area contributed by atoms with Crippen LogP contribution in [0.25, 0.3) is 0 Å². The quantitative estimate of drug-likeness (QED) is 0.311. The van der Waals surface area contributed by atoms with Crippen LogP contribution < -0.4 is 16.4 Å². The van der Waals surface area contributed by atoms with Gasteiger partial charge in [0.15, 0.2) is 0 Å². The van der Waals surface area contributed by atoms with Gasteiger partial charge in [-0.15, -0.1) is 0 Å². The van der Waals surface area contributed by atoms with Crippen LogP contribution >= 0.6 is 0 Å². The van der Waals surface area contributed by atoms with Crippen LogP contribution in [0.5, 0.6) is 0 Å². The van der Waals surface area contributed by atoms with Crippen LogP contribution in [0.3, 0.4) is 0 Å². The second kappa shape index (κ2) is 13.6. The number of carbonyl (C=O) groups is 2. The smallest absolute Gasteiger partial charge is 0.407 e. The number of alkyl carbamates (subject to hydrolysis) is 1. The molecule has 0 spiro atoms. The van der Waals surface area contributed by atoms with Crippen LogP contribution in [0.2, 0.25) is 0 Å². The molecule has 0 fully saturated rings. The Labute approximate surface area is 193 Å². The maximum absolute atomic E-state index is 12.5. The number of ether oxygens (including phenoxy) is 2. The fourth-order valence-corrected chi connectivity index (χ4v) is 2.87. The van der Waals surface area contributed by atoms with Gasteiger partial charge < -0.3 is 35.5 Å². The van der Waals surface area contributed by atoms with Crippen molar-refractivity contribution < 1.29 is 28.7 Å². The molecular weight excluding hydrogens is 428 g/mol. The number of hydrogen-bond donors (Lipinski definition) is 4. The fraction of sp³-hybridized carbons (Fsp3) is 0.522. The minimum atomic E-state index is -1.08. The molecule has 0 aliphatic heterocycles. The number of carbonyl (C=O) groups excluding carboxylic acids is 2. The van der Waals surface area contributed by atoms with E-state index in [4.69, 9.17) is 24.8 Å². The molecule has 5 N–H and O–H groups in total. The van der Waals surface area contributed by atoms with Gasteiger partial charge in [0.25, 0.3) is 0 Å². The molecule has 1 heterocycles. The lowest BCUT2D eigenvalue weighted by atomic mass is 10.0. The minimum Gasteiger partial charge on any atom is -0.449 e. The molecule has 33 heavy (non-hydrogen) atoms. The predicted molar refractivity (Wildman–Crippen MR) is 121 cm³/mol. The van der Waals surface area contributed by atoms with Crippen molar-refractivity contribution in [1.82, 2.24) is 15.8 Å². The molecule has 1 atom stereocenters. The summed E-state index contributed by atoms with van der Waals surface area (Å²) in [6.07, 6.45) is 2.56. The number of aromatic nitrogens is 1. The van der Waals surface area contributed by atoms with Crippen LogP contribution in [0.1, 0.15) is 49.6 Å². The highest BCUT2D eigenvalue weighted by molar-refractivity contribution is 5.85. The first-order valence-electron chi connectivity index (χ1n) is 11.0. The molecule has 0 radical (unpaired) electrons. The van der Waals surface area contributed by atoms with Gasteiger partial charge in [0.05, 0.1) is 31.4 Å². The van der Waals surface area contributed by atoms with E-state index in [1.54, 1.807) is 13.8 Å². The van der Waals surface area contributed by atoms with Crippen LogP contribution in [0, 0.1) is 0 Å². The zero-order chi connectivity index (χ0) is 24.1. The minimum absolute atomic E-state index is 0.0844. The molecule has 182 valence electrons. The summed E-state index contributed by atoms with van der Waals surface area (Å²) < 4.78 is 16.2. The highest BCUT2D eigenvalue weighted by atomic mass is 16.5. The average molecular weight is 463 g/mol. The van der Waals surface area contributed by atoms with Crippen molar-refractivity contribution in [2.75, 3.05) is 26.4 Å². The lowest BCUT2D eigenvalue weighted by molar-refractivity contribution is -0.126. The van der Waals surface area contributed by atoms with Gasteiger partial charge in [0.2, 0.25) is 5.91 Å². The third-order valence-corrected chi connectivity index (χ3v) is 4.75. The first-order valence-corrected chi connectivity index (χ1v) is 11.0. The summed E-state index contributed by atoms with van der Waals surface area (Å²) in [5.41, 5.74) is 7.03. The van der Waals surface area contributed by atoms with Crippen molar-refractivity contribution in [3.63, 3.8) is 0 Å². The first-order chi connectivity index (χ1) is 15.8. The standard InChI is InChI=1S/C23H34N4O6/c1-23(2,24)21(29)26-19(16-31-14-17-8-4-3-5-9-17)20-18(15-33-27-20)10-13-32-22(30)25-11-6-7-12-28/h3-5,8-9,15,19,28H,6-7,10-14,16,24H2,1-2H3,(H,25,30)(H,26,29). The summed E-state index contributed by atoms with van der Waals surface area (Å²) >= 11 is 0. The monoisotopic (exact) mass is 462 g/mol. The largest absolute Gasteiger partial charge is 0.449 e. The van der Waals surface area contributed by atoms with Crippen molar-refractivity contribution in [3.8, 4) is 0 Å². The van der Waals surface area contributed by atoms with Crippen molar-refractivity contribution in [1.29, 1.82) is 0 Å². The Hall–Kier alpha value is -2.95. The zero-order valence-electron chi connectivity index (χ0n) is 19.2. The number of nitrogens with one attached hydrogen (secondary N) is 2. The Morgan fingerprint density at radius 2 is 2.00 bits per heavy atom. The second-order valence-electron chi connectivity index (χ2n) is 8.22. The summed E-state index contributed by atoms with van der Waals surface area (Å²) in [6, 6.07) is 9.08. The van der Waals surface area contributed by atoms with Crippen LogP contribution in [-0.4, -0.2) is 54.2 Å². The molecular formula is C23H34N4O6. The molecule has 1 aromatic heterocycles. The van der Waals surface area contributed by atoms with Gasteiger partial charge in [0, 0.05) is 25.1 Å². The number of nitrogens with zero attached hydrogens (tertiary/aromatic N) is 1. The van der Waals surface area contributed by atoms with E-state index >= 15 is 0 Å². The number of amides is 2. The maximum atomic E-state index is 12.5. The molecule has 10 heteroatoms. The molecule has 0 saturated carbocycles. The Morgan fingerprint density at radius 3 is 2.70 bits per heavy atom. The van der Waals surface area contributed by atoms with E-state index in [1.165, 1.54) is 6.26 Å². The summed E-state index contributed by atoms with van der Waals surface area (Å²) in [5.74, 6) is -0.358. The molecule has 0 aliphatic rings. The van der Waals surface area contributed by atoms with Gasteiger partial charge in [-0.05, 0) is 32.3 Å². The van der Waals surface area contributed by atoms with Crippen molar-refractivity contribution >= 4 is 12.0 Å². The molecule has 0 saturated heterocycles. The highest BCUT2D eigenvalue weighted by Gasteiger charge is 2.28. The van der Waals surface area contributed by atoms with E-state index in [2.05, 4.69) is 15.8 Å². The predicted octanol–water partition coefficient (Wildman–Crippen LogP) is 1.83. The van der Waals surface area contributed by atoms with Crippen LogP contribution in [-0.2, 0) is 27.3 Å². The van der Waals surface area contributed by atoms with Crippen LogP contribution in [0.4, 0.5) is 4.79 Å². The zero-order valence-corrected chi connectivity index (χ0v) is 19.2. The Balaban J connectivity index is 1.96. The Kier molecular flexibility index (Phi) is 10.8. The molecule has 1 aromatic carbocycles.